The van der Waals surface area contributed by atoms with Crippen molar-refractivity contribution in [1.29, 1.82) is 0 Å². The van der Waals surface area contributed by atoms with Gasteiger partial charge >= 0.3 is 0 Å². The molecule has 1 fully saturated rings. The smallest absolute Gasteiger partial charge is 0.252 e. The molecule has 0 bridgehead atoms. The molecule has 2 heterocycles. The Labute approximate surface area is 202 Å². The topological polar surface area (TPSA) is 79.7 Å². The number of tetrazole rings is 1. The maximum absolute atomic E-state index is 13.1. The largest absolute Gasteiger partial charge is 0.322 e. The van der Waals surface area contributed by atoms with Crippen LogP contribution in [0.4, 0.5) is 0 Å². The maximum Gasteiger partial charge on any atom is 0.252 e. The van der Waals surface area contributed by atoms with E-state index in [-0.39, 0.29) is 17.1 Å². The Balaban J connectivity index is 1.78. The molecular weight excluding hydrogens is 424 g/mol. The Bertz CT molecular complexity index is 1160. The van der Waals surface area contributed by atoms with E-state index in [4.69, 9.17) is 0 Å². The molecular formula is C27H40N6O. The SMILES string of the molecule is CCC[C@H](c1nnnn1C(C)(C)CC)N(Cc1cc2cc(C)ccc2[nH]c1=O)C1CCCCC1. The van der Waals surface area contributed by atoms with Crippen molar-refractivity contribution in [1.82, 2.24) is 30.1 Å². The maximum atomic E-state index is 13.1. The zero-order chi connectivity index (χ0) is 24.3. The number of benzene rings is 1. The van der Waals surface area contributed by atoms with Gasteiger partial charge in [-0.05, 0) is 80.5 Å². The third-order valence-corrected chi connectivity index (χ3v) is 7.67. The van der Waals surface area contributed by atoms with E-state index in [0.29, 0.717) is 12.6 Å². The lowest BCUT2D eigenvalue weighted by molar-refractivity contribution is 0.0770. The molecule has 7 nitrogen and oxygen atoms in total. The number of H-pyrrole nitrogens is 1. The van der Waals surface area contributed by atoms with E-state index in [1.807, 2.05) is 16.8 Å². The minimum absolute atomic E-state index is 0.000825. The Morgan fingerprint density at radius 1 is 1.18 bits per heavy atom. The van der Waals surface area contributed by atoms with Crippen LogP contribution in [0.3, 0.4) is 0 Å². The average molecular weight is 465 g/mol. The number of aromatic nitrogens is 5. The minimum Gasteiger partial charge on any atom is -0.322 e. The lowest BCUT2D eigenvalue weighted by Crippen LogP contribution is -2.42. The van der Waals surface area contributed by atoms with Gasteiger partial charge in [-0.2, -0.15) is 0 Å². The first kappa shape index (κ1) is 24.6. The van der Waals surface area contributed by atoms with Gasteiger partial charge in [0.2, 0.25) is 0 Å². The quantitative estimate of drug-likeness (QED) is 0.443. The summed E-state index contributed by atoms with van der Waals surface area (Å²) in [7, 11) is 0. The summed E-state index contributed by atoms with van der Waals surface area (Å²) in [5.41, 5.74) is 2.74. The van der Waals surface area contributed by atoms with Crippen molar-refractivity contribution in [2.45, 2.75) is 110 Å². The Kier molecular flexibility index (Phi) is 7.51. The van der Waals surface area contributed by atoms with Crippen LogP contribution in [-0.2, 0) is 12.1 Å². The van der Waals surface area contributed by atoms with E-state index in [9.17, 15) is 4.79 Å². The number of fused-ring (bicyclic) bond motifs is 1. The normalized spacial score (nSPS) is 16.4. The standard InChI is InChI=1S/C27H40N6O/c1-6-11-24(25-29-30-31-33(25)27(4,5)7-2)32(22-12-9-8-10-13-22)18-21-17-20-16-19(3)14-15-23(20)28-26(21)34/h14-17,22,24H,6-13,18H2,1-5H3,(H,28,34)/t24-/m1/s1. The zero-order valence-electron chi connectivity index (χ0n) is 21.5. The fourth-order valence-corrected chi connectivity index (χ4v) is 5.29. The molecule has 7 heteroatoms. The lowest BCUT2D eigenvalue weighted by atomic mass is 9.91. The summed E-state index contributed by atoms with van der Waals surface area (Å²) in [5.74, 6) is 0.923. The predicted molar refractivity (Wildman–Crippen MR) is 137 cm³/mol. The van der Waals surface area contributed by atoms with Crippen molar-refractivity contribution < 1.29 is 0 Å². The van der Waals surface area contributed by atoms with Gasteiger partial charge in [0.15, 0.2) is 5.82 Å². The number of hydrogen-bond acceptors (Lipinski definition) is 5. The van der Waals surface area contributed by atoms with E-state index < -0.39 is 0 Å². The Hall–Kier alpha value is -2.54. The van der Waals surface area contributed by atoms with Gasteiger partial charge in [0.25, 0.3) is 5.56 Å². The first-order valence-corrected chi connectivity index (χ1v) is 13.0. The molecule has 0 amide bonds. The van der Waals surface area contributed by atoms with E-state index in [2.05, 4.69) is 72.2 Å². The van der Waals surface area contributed by atoms with Crippen LogP contribution in [0.25, 0.3) is 10.9 Å². The van der Waals surface area contributed by atoms with Crippen LogP contribution >= 0.6 is 0 Å². The molecule has 1 aromatic carbocycles. The number of aromatic amines is 1. The second-order valence-corrected chi connectivity index (χ2v) is 10.6. The van der Waals surface area contributed by atoms with Crippen LogP contribution in [-0.4, -0.2) is 36.1 Å². The van der Waals surface area contributed by atoms with E-state index in [0.717, 1.165) is 54.4 Å². The Morgan fingerprint density at radius 2 is 1.94 bits per heavy atom. The van der Waals surface area contributed by atoms with Gasteiger partial charge in [-0.25, -0.2) is 4.68 Å². The van der Waals surface area contributed by atoms with E-state index >= 15 is 0 Å². The van der Waals surface area contributed by atoms with E-state index in [1.165, 1.54) is 24.8 Å². The second kappa shape index (κ2) is 10.4. The summed E-state index contributed by atoms with van der Waals surface area (Å²) >= 11 is 0. The van der Waals surface area contributed by atoms with Crippen LogP contribution in [0.15, 0.2) is 29.1 Å². The lowest BCUT2D eigenvalue weighted by Gasteiger charge is -2.40. The molecule has 1 N–H and O–H groups in total. The molecule has 1 aliphatic carbocycles. The number of hydrogen-bond donors (Lipinski definition) is 1. The third-order valence-electron chi connectivity index (χ3n) is 7.67. The molecule has 0 radical (unpaired) electrons. The minimum atomic E-state index is -0.166. The van der Waals surface area contributed by atoms with Crippen LogP contribution in [0, 0.1) is 6.92 Å². The molecule has 0 unspecified atom stereocenters. The first-order chi connectivity index (χ1) is 16.3. The predicted octanol–water partition coefficient (Wildman–Crippen LogP) is 5.64. The van der Waals surface area contributed by atoms with Crippen molar-refractivity contribution in [3.8, 4) is 0 Å². The van der Waals surface area contributed by atoms with Crippen LogP contribution in [0.5, 0.6) is 0 Å². The highest BCUT2D eigenvalue weighted by Gasteiger charge is 2.35. The van der Waals surface area contributed by atoms with Gasteiger partial charge in [-0.15, -0.1) is 5.10 Å². The molecule has 1 saturated carbocycles. The summed E-state index contributed by atoms with van der Waals surface area (Å²) in [4.78, 5) is 18.8. The van der Waals surface area contributed by atoms with Crippen molar-refractivity contribution in [2.24, 2.45) is 0 Å². The van der Waals surface area contributed by atoms with Gasteiger partial charge < -0.3 is 4.98 Å². The second-order valence-electron chi connectivity index (χ2n) is 10.6. The fraction of sp³-hybridized carbons (Fsp3) is 0.630. The number of aryl methyl sites for hydroxylation is 1. The molecule has 1 aliphatic rings. The first-order valence-electron chi connectivity index (χ1n) is 13.0. The molecule has 1 atom stereocenters. The summed E-state index contributed by atoms with van der Waals surface area (Å²) in [6.45, 7) is 11.5. The van der Waals surface area contributed by atoms with Gasteiger partial charge in [0, 0.05) is 23.7 Å². The summed E-state index contributed by atoms with van der Waals surface area (Å²) in [6.07, 6.45) is 9.00. The van der Waals surface area contributed by atoms with Crippen molar-refractivity contribution in [3.05, 3.63) is 51.6 Å². The number of pyridine rings is 1. The van der Waals surface area contributed by atoms with Crippen molar-refractivity contribution >= 4 is 10.9 Å². The monoisotopic (exact) mass is 464 g/mol. The van der Waals surface area contributed by atoms with Gasteiger partial charge in [0.05, 0.1) is 11.6 Å². The molecule has 0 aliphatic heterocycles. The highest BCUT2D eigenvalue weighted by atomic mass is 16.1. The zero-order valence-corrected chi connectivity index (χ0v) is 21.5. The van der Waals surface area contributed by atoms with Gasteiger partial charge in [0.1, 0.15) is 0 Å². The van der Waals surface area contributed by atoms with E-state index in [1.54, 1.807) is 0 Å². The molecule has 184 valence electrons. The van der Waals surface area contributed by atoms with Crippen LogP contribution in [0.1, 0.15) is 102 Å². The Morgan fingerprint density at radius 3 is 2.65 bits per heavy atom. The van der Waals surface area contributed by atoms with Gasteiger partial charge in [-0.1, -0.05) is 51.2 Å². The van der Waals surface area contributed by atoms with Crippen LogP contribution in [0.2, 0.25) is 0 Å². The van der Waals surface area contributed by atoms with Crippen molar-refractivity contribution in [2.75, 3.05) is 0 Å². The fourth-order valence-electron chi connectivity index (χ4n) is 5.29. The summed E-state index contributed by atoms with van der Waals surface area (Å²) in [6, 6.07) is 8.76. The van der Waals surface area contributed by atoms with Gasteiger partial charge in [-0.3, -0.25) is 9.69 Å². The summed E-state index contributed by atoms with van der Waals surface area (Å²) in [5, 5.41) is 14.2. The average Bonchev–Trinajstić information content (AvgIpc) is 3.33. The molecule has 2 aromatic heterocycles. The highest BCUT2D eigenvalue weighted by molar-refractivity contribution is 5.79. The number of nitrogens with zero attached hydrogens (tertiary/aromatic N) is 5. The molecule has 0 saturated heterocycles. The molecule has 34 heavy (non-hydrogen) atoms. The van der Waals surface area contributed by atoms with Crippen LogP contribution < -0.4 is 5.56 Å². The number of rotatable bonds is 9. The van der Waals surface area contributed by atoms with Crippen molar-refractivity contribution in [3.63, 3.8) is 0 Å². The number of nitrogens with one attached hydrogen (secondary N) is 1. The molecule has 3 aromatic rings. The third kappa shape index (κ3) is 5.09. The highest BCUT2D eigenvalue weighted by Crippen LogP contribution is 2.35. The molecule has 4 rings (SSSR count). The molecule has 0 spiro atoms. The summed E-state index contributed by atoms with van der Waals surface area (Å²) < 4.78 is 2.02.